The number of likely N-dealkylation sites (tertiary alicyclic amines) is 1. The molecule has 4 rings (SSSR count). The highest BCUT2D eigenvalue weighted by molar-refractivity contribution is 6.23. The zero-order chi connectivity index (χ0) is 22.9. The number of carbonyl (C=O) groups is 3. The van der Waals surface area contributed by atoms with Crippen LogP contribution in [-0.2, 0) is 25.3 Å². The van der Waals surface area contributed by atoms with Gasteiger partial charge in [0.25, 0.3) is 0 Å². The number of halogens is 3. The Morgan fingerprint density at radius 3 is 2.19 bits per heavy atom. The Morgan fingerprint density at radius 1 is 1.19 bits per heavy atom. The van der Waals surface area contributed by atoms with Gasteiger partial charge in [0.1, 0.15) is 0 Å². The van der Waals surface area contributed by atoms with E-state index in [0.29, 0.717) is 6.07 Å². The summed E-state index contributed by atoms with van der Waals surface area (Å²) >= 11 is 0. The van der Waals surface area contributed by atoms with E-state index in [9.17, 15) is 27.6 Å². The predicted octanol–water partition coefficient (Wildman–Crippen LogP) is 2.48. The van der Waals surface area contributed by atoms with Crippen LogP contribution in [0.5, 0.6) is 0 Å². The Morgan fingerprint density at radius 2 is 1.74 bits per heavy atom. The smallest absolute Gasteiger partial charge is 0.364 e. The van der Waals surface area contributed by atoms with Crippen molar-refractivity contribution in [2.75, 3.05) is 18.0 Å². The normalized spacial score (nSPS) is 32.3. The molecule has 3 heterocycles. The van der Waals surface area contributed by atoms with Crippen molar-refractivity contribution in [2.45, 2.75) is 44.6 Å². The molecule has 31 heavy (non-hydrogen) atoms. The van der Waals surface area contributed by atoms with Gasteiger partial charge in [-0.1, -0.05) is 6.92 Å². The van der Waals surface area contributed by atoms with Crippen LogP contribution in [-0.4, -0.2) is 46.9 Å². The Labute approximate surface area is 176 Å². The third-order valence-corrected chi connectivity index (χ3v) is 6.44. The topological polar surface area (TPSA) is 90.7 Å². The summed E-state index contributed by atoms with van der Waals surface area (Å²) in [7, 11) is 0. The molecule has 0 spiro atoms. The predicted molar refractivity (Wildman–Crippen MR) is 100 cm³/mol. The lowest BCUT2D eigenvalue weighted by molar-refractivity contribution is -0.178. The molecule has 3 fully saturated rings. The average Bonchev–Trinajstić information content (AvgIpc) is 3.06. The second-order valence-corrected chi connectivity index (χ2v) is 8.64. The van der Waals surface area contributed by atoms with Gasteiger partial charge in [-0.3, -0.25) is 14.4 Å². The van der Waals surface area contributed by atoms with Crippen LogP contribution >= 0.6 is 0 Å². The standard InChI is InChI=1S/C21H20F3N3O4/c1-4-14(28)26-9-19(2)15-16(20(3,10-26)31-19)18(30)27(17(15)29)12-6-5-11(8-25)13(7-12)21(22,23)24/h5-7,15-16H,4,9-10H2,1-3H3/t15-,16+,19-,20+. The number of fused-ring (bicyclic) bond motifs is 5. The van der Waals surface area contributed by atoms with E-state index in [0.717, 1.165) is 11.0 Å². The van der Waals surface area contributed by atoms with Crippen LogP contribution in [0.1, 0.15) is 38.3 Å². The molecule has 0 N–H and O–H groups in total. The summed E-state index contributed by atoms with van der Waals surface area (Å²) in [6.07, 6.45) is -4.55. The van der Waals surface area contributed by atoms with E-state index in [1.807, 2.05) is 0 Å². The van der Waals surface area contributed by atoms with Gasteiger partial charge in [-0.25, -0.2) is 4.90 Å². The van der Waals surface area contributed by atoms with Gasteiger partial charge >= 0.3 is 6.18 Å². The number of hydrogen-bond acceptors (Lipinski definition) is 5. The van der Waals surface area contributed by atoms with Gasteiger partial charge in [0, 0.05) is 6.42 Å². The van der Waals surface area contributed by atoms with Crippen molar-refractivity contribution in [2.24, 2.45) is 11.8 Å². The van der Waals surface area contributed by atoms with Crippen molar-refractivity contribution in [3.63, 3.8) is 0 Å². The monoisotopic (exact) mass is 435 g/mol. The zero-order valence-corrected chi connectivity index (χ0v) is 17.1. The first-order valence-corrected chi connectivity index (χ1v) is 9.83. The van der Waals surface area contributed by atoms with Crippen LogP contribution < -0.4 is 4.90 Å². The lowest BCUT2D eigenvalue weighted by Crippen LogP contribution is -2.59. The minimum absolute atomic E-state index is 0.116. The van der Waals surface area contributed by atoms with Crippen molar-refractivity contribution in [1.29, 1.82) is 5.26 Å². The van der Waals surface area contributed by atoms with Crippen LogP contribution in [0, 0.1) is 23.2 Å². The summed E-state index contributed by atoms with van der Waals surface area (Å²) in [6, 6.07) is 4.26. The van der Waals surface area contributed by atoms with Gasteiger partial charge in [0.15, 0.2) is 0 Å². The molecule has 0 aliphatic carbocycles. The van der Waals surface area contributed by atoms with Gasteiger partial charge in [-0.05, 0) is 32.0 Å². The van der Waals surface area contributed by atoms with Crippen LogP contribution in [0.4, 0.5) is 18.9 Å². The quantitative estimate of drug-likeness (QED) is 0.666. The Bertz CT molecular complexity index is 1010. The highest BCUT2D eigenvalue weighted by Gasteiger charge is 2.72. The summed E-state index contributed by atoms with van der Waals surface area (Å²) < 4.78 is 46.3. The fraction of sp³-hybridized carbons (Fsp3) is 0.524. The van der Waals surface area contributed by atoms with Crippen molar-refractivity contribution >= 4 is 23.4 Å². The molecule has 1 aromatic rings. The number of rotatable bonds is 2. The second-order valence-electron chi connectivity index (χ2n) is 8.64. The summed E-state index contributed by atoms with van der Waals surface area (Å²) in [5, 5.41) is 8.99. The summed E-state index contributed by atoms with van der Waals surface area (Å²) in [4.78, 5) is 41.3. The minimum Gasteiger partial charge on any atom is -0.364 e. The Hall–Kier alpha value is -2.93. The summed E-state index contributed by atoms with van der Waals surface area (Å²) in [5.74, 6) is -3.30. The number of benzene rings is 1. The number of nitriles is 1. The van der Waals surface area contributed by atoms with E-state index in [1.165, 1.54) is 12.1 Å². The SMILES string of the molecule is CCC(=O)N1C[C@@]2(C)O[C@@](C)(C1)[C@@H]1C(=O)N(c3ccc(C#N)c(C(F)(F)F)c3)C(=O)[C@@H]12. The Balaban J connectivity index is 1.76. The number of nitrogens with zero attached hydrogens (tertiary/aromatic N) is 3. The highest BCUT2D eigenvalue weighted by atomic mass is 19.4. The number of ether oxygens (including phenoxy) is 1. The molecule has 0 saturated carbocycles. The number of imide groups is 1. The zero-order valence-electron chi connectivity index (χ0n) is 17.1. The van der Waals surface area contributed by atoms with Crippen LogP contribution in [0.2, 0.25) is 0 Å². The second kappa shape index (κ2) is 6.53. The molecular weight excluding hydrogens is 415 g/mol. The van der Waals surface area contributed by atoms with Gasteiger partial charge in [-0.2, -0.15) is 18.4 Å². The van der Waals surface area contributed by atoms with E-state index < -0.39 is 52.2 Å². The molecule has 10 heteroatoms. The first-order valence-electron chi connectivity index (χ1n) is 9.83. The maximum absolute atomic E-state index is 13.4. The molecule has 4 atom stereocenters. The Kier molecular flexibility index (Phi) is 4.49. The van der Waals surface area contributed by atoms with Gasteiger partial charge in [-0.15, -0.1) is 0 Å². The van der Waals surface area contributed by atoms with Crippen molar-refractivity contribution < 1.29 is 32.3 Å². The fourth-order valence-corrected chi connectivity index (χ4v) is 5.29. The van der Waals surface area contributed by atoms with E-state index in [-0.39, 0.29) is 31.1 Å². The lowest BCUT2D eigenvalue weighted by Gasteiger charge is -2.45. The number of amides is 3. The molecule has 2 bridgehead atoms. The first-order chi connectivity index (χ1) is 14.4. The van der Waals surface area contributed by atoms with Crippen molar-refractivity contribution in [3.8, 4) is 6.07 Å². The number of morpholine rings is 1. The van der Waals surface area contributed by atoms with Gasteiger partial charge in [0.05, 0.1) is 59.0 Å². The van der Waals surface area contributed by atoms with E-state index >= 15 is 0 Å². The fourth-order valence-electron chi connectivity index (χ4n) is 5.29. The molecule has 0 radical (unpaired) electrons. The van der Waals surface area contributed by atoms with Crippen LogP contribution in [0.25, 0.3) is 0 Å². The summed E-state index contributed by atoms with van der Waals surface area (Å²) in [5.41, 5.74) is -4.31. The van der Waals surface area contributed by atoms with Gasteiger partial charge < -0.3 is 9.64 Å². The molecule has 0 aromatic heterocycles. The molecule has 7 nitrogen and oxygen atoms in total. The maximum Gasteiger partial charge on any atom is 0.417 e. The van der Waals surface area contributed by atoms with Gasteiger partial charge in [0.2, 0.25) is 17.7 Å². The van der Waals surface area contributed by atoms with Crippen LogP contribution in [0.3, 0.4) is 0 Å². The van der Waals surface area contributed by atoms with Crippen molar-refractivity contribution in [3.05, 3.63) is 29.3 Å². The molecule has 164 valence electrons. The third-order valence-electron chi connectivity index (χ3n) is 6.44. The number of alkyl halides is 3. The molecule has 3 aliphatic heterocycles. The number of anilines is 1. The molecule has 1 aromatic carbocycles. The lowest BCUT2D eigenvalue weighted by atomic mass is 9.79. The highest BCUT2D eigenvalue weighted by Crippen LogP contribution is 2.55. The molecule has 3 aliphatic rings. The number of hydrogen-bond donors (Lipinski definition) is 0. The first kappa shape index (κ1) is 21.3. The van der Waals surface area contributed by atoms with E-state index in [2.05, 4.69) is 0 Å². The largest absolute Gasteiger partial charge is 0.417 e. The molecule has 3 saturated heterocycles. The molecule has 3 amide bonds. The average molecular weight is 435 g/mol. The summed E-state index contributed by atoms with van der Waals surface area (Å²) in [6.45, 7) is 5.25. The van der Waals surface area contributed by atoms with E-state index in [4.69, 9.17) is 10.00 Å². The van der Waals surface area contributed by atoms with E-state index in [1.54, 1.807) is 25.7 Å². The minimum atomic E-state index is -4.82. The van der Waals surface area contributed by atoms with Crippen LogP contribution in [0.15, 0.2) is 18.2 Å². The van der Waals surface area contributed by atoms with Crippen molar-refractivity contribution in [1.82, 2.24) is 4.90 Å². The maximum atomic E-state index is 13.4. The molecule has 0 unspecified atom stereocenters. The third kappa shape index (κ3) is 2.94. The number of carbonyl (C=O) groups excluding carboxylic acids is 3. The molecular formula is C21H20F3N3O4.